The van der Waals surface area contributed by atoms with Crippen molar-refractivity contribution >= 4 is 26.5 Å². The predicted octanol–water partition coefficient (Wildman–Crippen LogP) is 2.28. The van der Waals surface area contributed by atoms with E-state index in [1.165, 1.54) is 11.3 Å². The van der Waals surface area contributed by atoms with Crippen molar-refractivity contribution in [3.8, 4) is 0 Å². The number of aryl methyl sites for hydroxylation is 2. The van der Waals surface area contributed by atoms with Gasteiger partial charge in [0.25, 0.3) is 0 Å². The van der Waals surface area contributed by atoms with Gasteiger partial charge in [0.15, 0.2) is 5.13 Å². The number of rotatable bonds is 5. The van der Waals surface area contributed by atoms with E-state index in [2.05, 4.69) is 15.0 Å². The highest BCUT2D eigenvalue weighted by molar-refractivity contribution is 7.89. The largest absolute Gasteiger partial charge is 0.365 e. The zero-order valence-corrected chi connectivity index (χ0v) is 13.2. The van der Waals surface area contributed by atoms with Gasteiger partial charge in [-0.15, -0.1) is 11.3 Å². The minimum Gasteiger partial charge on any atom is -0.365 e. The van der Waals surface area contributed by atoms with Crippen molar-refractivity contribution in [3.63, 3.8) is 0 Å². The average Bonchev–Trinajstić information content (AvgIpc) is 2.87. The minimum atomic E-state index is -3.50. The van der Waals surface area contributed by atoms with Crippen LogP contribution in [0.3, 0.4) is 0 Å². The molecule has 0 atom stereocenters. The van der Waals surface area contributed by atoms with Crippen LogP contribution in [0.1, 0.15) is 16.8 Å². The zero-order valence-electron chi connectivity index (χ0n) is 11.6. The number of hydrogen-bond donors (Lipinski definition) is 2. The van der Waals surface area contributed by atoms with Crippen molar-refractivity contribution in [2.75, 3.05) is 12.4 Å². The van der Waals surface area contributed by atoms with E-state index in [1.807, 2.05) is 25.3 Å². The van der Waals surface area contributed by atoms with E-state index in [4.69, 9.17) is 0 Å². The van der Waals surface area contributed by atoms with Gasteiger partial charge in [0.1, 0.15) is 0 Å². The first-order chi connectivity index (χ1) is 9.42. The Hall–Kier alpha value is -1.44. The molecule has 0 spiro atoms. The molecule has 2 aromatic rings. The fraction of sp³-hybridized carbons (Fsp3) is 0.308. The van der Waals surface area contributed by atoms with E-state index < -0.39 is 10.0 Å². The number of thiazole rings is 1. The standard InChI is InChI=1S/C13H17N3O2S2/c1-9-4-5-12(6-10(9)2)20(17,18)15-7-11-8-19-13(14-3)16-11/h4-6,8,15H,7H2,1-3H3,(H,14,16). The second kappa shape index (κ2) is 5.90. The molecule has 0 aliphatic carbocycles. The molecule has 0 aliphatic rings. The van der Waals surface area contributed by atoms with Gasteiger partial charge in [-0.3, -0.25) is 0 Å². The molecule has 0 unspecified atom stereocenters. The Labute approximate surface area is 123 Å². The zero-order chi connectivity index (χ0) is 14.8. The van der Waals surface area contributed by atoms with Crippen LogP contribution in [-0.4, -0.2) is 20.4 Å². The number of hydrogen-bond acceptors (Lipinski definition) is 5. The summed E-state index contributed by atoms with van der Waals surface area (Å²) < 4.78 is 27.0. The number of aromatic nitrogens is 1. The highest BCUT2D eigenvalue weighted by atomic mass is 32.2. The third kappa shape index (κ3) is 3.36. The number of sulfonamides is 1. The predicted molar refractivity (Wildman–Crippen MR) is 81.6 cm³/mol. The first-order valence-corrected chi connectivity index (χ1v) is 8.48. The van der Waals surface area contributed by atoms with Crippen LogP contribution < -0.4 is 10.0 Å². The van der Waals surface area contributed by atoms with Gasteiger partial charge in [-0.2, -0.15) is 0 Å². The van der Waals surface area contributed by atoms with E-state index in [0.717, 1.165) is 16.3 Å². The highest BCUT2D eigenvalue weighted by Gasteiger charge is 2.15. The van der Waals surface area contributed by atoms with Crippen molar-refractivity contribution < 1.29 is 8.42 Å². The molecule has 1 heterocycles. The third-order valence-electron chi connectivity index (χ3n) is 3.00. The quantitative estimate of drug-likeness (QED) is 0.888. The first kappa shape index (κ1) is 15.0. The van der Waals surface area contributed by atoms with Gasteiger partial charge >= 0.3 is 0 Å². The highest BCUT2D eigenvalue weighted by Crippen LogP contribution is 2.17. The Morgan fingerprint density at radius 1 is 1.25 bits per heavy atom. The summed E-state index contributed by atoms with van der Waals surface area (Å²) >= 11 is 1.44. The van der Waals surface area contributed by atoms with Crippen LogP contribution in [0.2, 0.25) is 0 Å². The van der Waals surface area contributed by atoms with Crippen LogP contribution >= 0.6 is 11.3 Å². The van der Waals surface area contributed by atoms with Crippen molar-refractivity contribution in [2.45, 2.75) is 25.3 Å². The average molecular weight is 311 g/mol. The summed E-state index contributed by atoms with van der Waals surface area (Å²) in [7, 11) is -1.72. The lowest BCUT2D eigenvalue weighted by atomic mass is 10.1. The molecule has 20 heavy (non-hydrogen) atoms. The molecule has 0 bridgehead atoms. The molecule has 5 nitrogen and oxygen atoms in total. The van der Waals surface area contributed by atoms with Gasteiger partial charge in [-0.25, -0.2) is 18.1 Å². The van der Waals surface area contributed by atoms with Crippen LogP contribution in [-0.2, 0) is 16.6 Å². The Balaban J connectivity index is 2.12. The number of nitrogens with one attached hydrogen (secondary N) is 2. The van der Waals surface area contributed by atoms with E-state index in [1.54, 1.807) is 19.2 Å². The number of nitrogens with zero attached hydrogens (tertiary/aromatic N) is 1. The van der Waals surface area contributed by atoms with Crippen LogP contribution in [0.25, 0.3) is 0 Å². The lowest BCUT2D eigenvalue weighted by Gasteiger charge is -2.07. The minimum absolute atomic E-state index is 0.188. The lowest BCUT2D eigenvalue weighted by Crippen LogP contribution is -2.23. The van der Waals surface area contributed by atoms with E-state index in [9.17, 15) is 8.42 Å². The molecule has 2 N–H and O–H groups in total. The van der Waals surface area contributed by atoms with Crippen molar-refractivity contribution in [1.29, 1.82) is 0 Å². The molecule has 1 aromatic heterocycles. The van der Waals surface area contributed by atoms with Gasteiger partial charge in [0, 0.05) is 12.4 Å². The topological polar surface area (TPSA) is 71.1 Å². The maximum absolute atomic E-state index is 12.2. The summed E-state index contributed by atoms with van der Waals surface area (Å²) in [5, 5.41) is 5.52. The van der Waals surface area contributed by atoms with Crippen LogP contribution in [0, 0.1) is 13.8 Å². The molecule has 7 heteroatoms. The Morgan fingerprint density at radius 3 is 2.60 bits per heavy atom. The van der Waals surface area contributed by atoms with Crippen molar-refractivity contribution in [2.24, 2.45) is 0 Å². The summed E-state index contributed by atoms with van der Waals surface area (Å²) in [5.41, 5.74) is 2.73. The first-order valence-electron chi connectivity index (χ1n) is 6.11. The third-order valence-corrected chi connectivity index (χ3v) is 5.31. The maximum Gasteiger partial charge on any atom is 0.240 e. The molecule has 0 saturated heterocycles. The van der Waals surface area contributed by atoms with Gasteiger partial charge in [0.05, 0.1) is 17.1 Å². The van der Waals surface area contributed by atoms with Gasteiger partial charge in [-0.05, 0) is 37.1 Å². The van der Waals surface area contributed by atoms with Gasteiger partial charge < -0.3 is 5.32 Å². The summed E-state index contributed by atoms with van der Waals surface area (Å²) in [6.45, 7) is 4.04. The normalized spacial score (nSPS) is 11.6. The molecule has 1 aromatic carbocycles. The van der Waals surface area contributed by atoms with Gasteiger partial charge in [-0.1, -0.05) is 6.07 Å². The number of anilines is 1. The smallest absolute Gasteiger partial charge is 0.240 e. The SMILES string of the molecule is CNc1nc(CNS(=O)(=O)c2ccc(C)c(C)c2)cs1. The molecule has 0 saturated carbocycles. The maximum atomic E-state index is 12.2. The second-order valence-electron chi connectivity index (χ2n) is 4.46. The van der Waals surface area contributed by atoms with Crippen LogP contribution in [0.4, 0.5) is 5.13 Å². The molecule has 0 fully saturated rings. The Kier molecular flexibility index (Phi) is 4.42. The molecule has 108 valence electrons. The number of benzene rings is 1. The molecule has 0 aliphatic heterocycles. The monoisotopic (exact) mass is 311 g/mol. The molecular weight excluding hydrogens is 294 g/mol. The summed E-state index contributed by atoms with van der Waals surface area (Å²) in [4.78, 5) is 4.52. The summed E-state index contributed by atoms with van der Waals surface area (Å²) in [6, 6.07) is 5.11. The van der Waals surface area contributed by atoms with Gasteiger partial charge in [0.2, 0.25) is 10.0 Å². The summed E-state index contributed by atoms with van der Waals surface area (Å²) in [6.07, 6.45) is 0. The summed E-state index contributed by atoms with van der Waals surface area (Å²) in [5.74, 6) is 0. The van der Waals surface area contributed by atoms with E-state index >= 15 is 0 Å². The Morgan fingerprint density at radius 2 is 2.00 bits per heavy atom. The second-order valence-corrected chi connectivity index (χ2v) is 7.09. The van der Waals surface area contributed by atoms with Crippen LogP contribution in [0.15, 0.2) is 28.5 Å². The fourth-order valence-corrected chi connectivity index (χ4v) is 3.39. The molecule has 2 rings (SSSR count). The molecule has 0 amide bonds. The van der Waals surface area contributed by atoms with E-state index in [-0.39, 0.29) is 11.4 Å². The van der Waals surface area contributed by atoms with Crippen LogP contribution in [0.5, 0.6) is 0 Å². The van der Waals surface area contributed by atoms with Crippen molar-refractivity contribution in [3.05, 3.63) is 40.4 Å². The molecular formula is C13H17N3O2S2. The lowest BCUT2D eigenvalue weighted by molar-refractivity contribution is 0.580. The molecule has 0 radical (unpaired) electrons. The van der Waals surface area contributed by atoms with E-state index in [0.29, 0.717) is 5.69 Å². The van der Waals surface area contributed by atoms with Crippen molar-refractivity contribution in [1.82, 2.24) is 9.71 Å². The fourth-order valence-electron chi connectivity index (χ4n) is 1.64. The Bertz CT molecular complexity index is 708.